The fourth-order valence-corrected chi connectivity index (χ4v) is 4.59. The minimum atomic E-state index is -0.416. The van der Waals surface area contributed by atoms with E-state index in [2.05, 4.69) is 19.9 Å². The summed E-state index contributed by atoms with van der Waals surface area (Å²) in [6.07, 6.45) is 11.3. The molecule has 3 heterocycles. The molecule has 0 amide bonds. The molecule has 2 aliphatic rings. The van der Waals surface area contributed by atoms with Gasteiger partial charge in [-0.1, -0.05) is 25.7 Å². The molecule has 1 atom stereocenters. The Labute approximate surface area is 147 Å². The van der Waals surface area contributed by atoms with Gasteiger partial charge in [0.1, 0.15) is 6.33 Å². The van der Waals surface area contributed by atoms with Crippen molar-refractivity contribution in [3.63, 3.8) is 0 Å². The Morgan fingerprint density at radius 3 is 2.52 bits per heavy atom. The van der Waals surface area contributed by atoms with Crippen molar-refractivity contribution < 1.29 is 10.2 Å². The summed E-state index contributed by atoms with van der Waals surface area (Å²) in [5.41, 5.74) is 1.45. The summed E-state index contributed by atoms with van der Waals surface area (Å²) in [6.45, 7) is 1.77. The third-order valence-corrected chi connectivity index (χ3v) is 5.98. The van der Waals surface area contributed by atoms with Crippen molar-refractivity contribution in [2.24, 2.45) is 11.8 Å². The number of nitrogens with zero attached hydrogens (tertiary/aromatic N) is 5. The molecule has 0 spiro atoms. The average molecular weight is 345 g/mol. The molecule has 4 rings (SSSR count). The van der Waals surface area contributed by atoms with Gasteiger partial charge in [0.15, 0.2) is 17.0 Å². The van der Waals surface area contributed by atoms with Crippen LogP contribution in [-0.4, -0.2) is 56.0 Å². The number of aromatic nitrogens is 4. The second-order valence-corrected chi connectivity index (χ2v) is 7.43. The van der Waals surface area contributed by atoms with Crippen molar-refractivity contribution in [1.82, 2.24) is 19.5 Å². The zero-order chi connectivity index (χ0) is 17.2. The summed E-state index contributed by atoms with van der Waals surface area (Å²) in [5.74, 6) is 2.51. The molecule has 25 heavy (non-hydrogen) atoms. The topological polar surface area (TPSA) is 87.3 Å². The molecule has 1 saturated carbocycles. The van der Waals surface area contributed by atoms with Gasteiger partial charge in [-0.3, -0.25) is 0 Å². The molecule has 2 fully saturated rings. The van der Waals surface area contributed by atoms with Crippen LogP contribution in [0.1, 0.15) is 44.6 Å². The molecular formula is C18H27N5O2. The summed E-state index contributed by atoms with van der Waals surface area (Å²) >= 11 is 0. The van der Waals surface area contributed by atoms with Crippen molar-refractivity contribution in [1.29, 1.82) is 0 Å². The van der Waals surface area contributed by atoms with Crippen LogP contribution in [0.2, 0.25) is 0 Å². The number of aliphatic hydroxyl groups excluding tert-OH is 2. The lowest BCUT2D eigenvalue weighted by atomic mass is 9.84. The van der Waals surface area contributed by atoms with E-state index in [4.69, 9.17) is 0 Å². The lowest BCUT2D eigenvalue weighted by molar-refractivity contribution is 0.156. The first-order chi connectivity index (χ1) is 12.3. The number of fused-ring (bicyclic) bond motifs is 1. The van der Waals surface area contributed by atoms with Crippen LogP contribution < -0.4 is 4.90 Å². The van der Waals surface area contributed by atoms with Gasteiger partial charge < -0.3 is 19.7 Å². The van der Waals surface area contributed by atoms with Crippen molar-refractivity contribution in [3.8, 4) is 0 Å². The van der Waals surface area contributed by atoms with E-state index >= 15 is 0 Å². The van der Waals surface area contributed by atoms with E-state index < -0.39 is 6.04 Å². The van der Waals surface area contributed by atoms with Gasteiger partial charge in [-0.05, 0) is 24.7 Å². The molecule has 1 aliphatic carbocycles. The predicted octanol–water partition coefficient (Wildman–Crippen LogP) is 1.76. The minimum absolute atomic E-state index is 0.144. The standard InChI is InChI=1S/C18H27N5O2/c24-9-15(10-25)23-12-21-16-17(19-11-20-18(16)23)22-7-3-6-14(8-22)13-4-1-2-5-13/h11-15,24-25H,1-10H2. The van der Waals surface area contributed by atoms with Crippen molar-refractivity contribution in [2.45, 2.75) is 44.6 Å². The highest BCUT2D eigenvalue weighted by Gasteiger charge is 2.31. The van der Waals surface area contributed by atoms with Crippen molar-refractivity contribution in [3.05, 3.63) is 12.7 Å². The third-order valence-electron chi connectivity index (χ3n) is 5.98. The lowest BCUT2D eigenvalue weighted by Gasteiger charge is -2.36. The van der Waals surface area contributed by atoms with Crippen LogP contribution in [0, 0.1) is 11.8 Å². The fraction of sp³-hybridized carbons (Fsp3) is 0.722. The molecule has 2 aromatic rings. The molecule has 1 aliphatic heterocycles. The van der Waals surface area contributed by atoms with E-state index in [0.717, 1.165) is 36.3 Å². The van der Waals surface area contributed by atoms with Gasteiger partial charge in [0.25, 0.3) is 0 Å². The number of imidazole rings is 1. The zero-order valence-electron chi connectivity index (χ0n) is 14.6. The maximum Gasteiger partial charge on any atom is 0.165 e. The molecule has 0 aromatic carbocycles. The van der Waals surface area contributed by atoms with Crippen LogP contribution in [0.25, 0.3) is 11.2 Å². The van der Waals surface area contributed by atoms with Crippen LogP contribution in [0.4, 0.5) is 5.82 Å². The van der Waals surface area contributed by atoms with Crippen LogP contribution in [0.15, 0.2) is 12.7 Å². The van der Waals surface area contributed by atoms with E-state index in [-0.39, 0.29) is 13.2 Å². The Balaban J connectivity index is 1.62. The Morgan fingerprint density at radius 2 is 1.76 bits per heavy atom. The summed E-state index contributed by atoms with van der Waals surface area (Å²) in [7, 11) is 0. The monoisotopic (exact) mass is 345 g/mol. The summed E-state index contributed by atoms with van der Waals surface area (Å²) < 4.78 is 1.75. The van der Waals surface area contributed by atoms with Crippen LogP contribution in [0.5, 0.6) is 0 Å². The molecule has 7 nitrogen and oxygen atoms in total. The molecule has 7 heteroatoms. The molecule has 0 bridgehead atoms. The minimum Gasteiger partial charge on any atom is -0.394 e. The maximum absolute atomic E-state index is 9.47. The first kappa shape index (κ1) is 16.7. The highest BCUT2D eigenvalue weighted by molar-refractivity contribution is 5.83. The van der Waals surface area contributed by atoms with Gasteiger partial charge in [0.05, 0.1) is 25.6 Å². The molecule has 2 aromatic heterocycles. The second kappa shape index (κ2) is 7.25. The first-order valence-corrected chi connectivity index (χ1v) is 9.46. The molecule has 1 saturated heterocycles. The van der Waals surface area contributed by atoms with E-state index in [1.165, 1.54) is 38.5 Å². The average Bonchev–Trinajstić information content (AvgIpc) is 3.33. The van der Waals surface area contributed by atoms with Crippen molar-refractivity contribution >= 4 is 17.0 Å². The summed E-state index contributed by atoms with van der Waals surface area (Å²) in [5, 5.41) is 18.9. The number of anilines is 1. The predicted molar refractivity (Wildman–Crippen MR) is 95.4 cm³/mol. The zero-order valence-corrected chi connectivity index (χ0v) is 14.6. The first-order valence-electron chi connectivity index (χ1n) is 9.46. The number of hydrogen-bond donors (Lipinski definition) is 2. The summed E-state index contributed by atoms with van der Waals surface area (Å²) in [6, 6.07) is -0.416. The van der Waals surface area contributed by atoms with Gasteiger partial charge in [-0.2, -0.15) is 0 Å². The van der Waals surface area contributed by atoms with Crippen LogP contribution in [-0.2, 0) is 0 Å². The molecule has 0 radical (unpaired) electrons. The van der Waals surface area contributed by atoms with E-state index in [9.17, 15) is 10.2 Å². The Kier molecular flexibility index (Phi) is 4.85. The van der Waals surface area contributed by atoms with Gasteiger partial charge in [0.2, 0.25) is 0 Å². The van der Waals surface area contributed by atoms with Crippen LogP contribution >= 0.6 is 0 Å². The quantitative estimate of drug-likeness (QED) is 0.859. The maximum atomic E-state index is 9.47. The number of aliphatic hydroxyl groups is 2. The number of rotatable bonds is 5. The van der Waals surface area contributed by atoms with E-state index in [1.54, 1.807) is 17.2 Å². The molecule has 1 unspecified atom stereocenters. The number of piperidine rings is 1. The lowest BCUT2D eigenvalue weighted by Crippen LogP contribution is -2.38. The SMILES string of the molecule is OCC(CO)n1cnc2c(N3CCCC(C4CCCC4)C3)ncnc21. The largest absolute Gasteiger partial charge is 0.394 e. The fourth-order valence-electron chi connectivity index (χ4n) is 4.59. The highest BCUT2D eigenvalue weighted by atomic mass is 16.3. The van der Waals surface area contributed by atoms with E-state index in [0.29, 0.717) is 5.65 Å². The molecule has 2 N–H and O–H groups in total. The Hall–Kier alpha value is -1.73. The third kappa shape index (κ3) is 3.11. The van der Waals surface area contributed by atoms with Gasteiger partial charge in [0, 0.05) is 13.1 Å². The normalized spacial score (nSPS) is 22.4. The van der Waals surface area contributed by atoms with Gasteiger partial charge in [-0.25, -0.2) is 15.0 Å². The second-order valence-electron chi connectivity index (χ2n) is 7.43. The molecule has 136 valence electrons. The van der Waals surface area contributed by atoms with Crippen LogP contribution in [0.3, 0.4) is 0 Å². The van der Waals surface area contributed by atoms with Crippen molar-refractivity contribution in [2.75, 3.05) is 31.2 Å². The smallest absolute Gasteiger partial charge is 0.165 e. The number of hydrogen-bond acceptors (Lipinski definition) is 6. The Morgan fingerprint density at radius 1 is 1.00 bits per heavy atom. The van der Waals surface area contributed by atoms with Gasteiger partial charge in [-0.15, -0.1) is 0 Å². The summed E-state index contributed by atoms with van der Waals surface area (Å²) in [4.78, 5) is 15.7. The Bertz CT molecular complexity index is 709. The van der Waals surface area contributed by atoms with E-state index in [1.807, 2.05) is 0 Å². The molecular weight excluding hydrogens is 318 g/mol. The van der Waals surface area contributed by atoms with Gasteiger partial charge >= 0.3 is 0 Å². The highest BCUT2D eigenvalue weighted by Crippen LogP contribution is 2.37.